The normalized spacial score (nSPS) is 9.85. The highest BCUT2D eigenvalue weighted by Gasteiger charge is 2.09. The Hall–Kier alpha value is -0.830. The van der Waals surface area contributed by atoms with E-state index < -0.39 is 9.05 Å². The van der Waals surface area contributed by atoms with E-state index >= 15 is 0 Å². The molecule has 1 heterocycles. The fourth-order valence-corrected chi connectivity index (χ4v) is 1.27. The zero-order valence-corrected chi connectivity index (χ0v) is 8.53. The third-order valence-electron chi connectivity index (χ3n) is 1.13. The van der Waals surface area contributed by atoms with E-state index in [1.807, 2.05) is 0 Å². The maximum atomic E-state index is 10.7. The molecule has 7 heteroatoms. The first kappa shape index (κ1) is 12.2. The van der Waals surface area contributed by atoms with Crippen molar-refractivity contribution in [3.63, 3.8) is 0 Å². The minimum absolute atomic E-state index is 0. The molecular weight excluding hydrogens is 235 g/mol. The Balaban J connectivity index is 0.00000144. The number of halogens is 2. The first-order chi connectivity index (χ1) is 5.54. The van der Waals surface area contributed by atoms with Gasteiger partial charge in [0.25, 0.3) is 9.05 Å². The lowest BCUT2D eigenvalue weighted by Crippen LogP contribution is -1.92. The lowest BCUT2D eigenvalue weighted by atomic mass is 10.4. The zero-order valence-electron chi connectivity index (χ0n) is 6.14. The van der Waals surface area contributed by atoms with E-state index in [9.17, 15) is 8.42 Å². The molecule has 0 aromatic carbocycles. The van der Waals surface area contributed by atoms with Crippen molar-refractivity contribution in [2.75, 3.05) is 0 Å². The van der Waals surface area contributed by atoms with Crippen LogP contribution in [-0.4, -0.2) is 13.4 Å². The molecule has 70 valence electrons. The van der Waals surface area contributed by atoms with E-state index in [1.54, 1.807) is 6.07 Å². The summed E-state index contributed by atoms with van der Waals surface area (Å²) in [6.07, 6.45) is 1.04. The van der Waals surface area contributed by atoms with Gasteiger partial charge in [0.05, 0.1) is 0 Å². The lowest BCUT2D eigenvalue weighted by molar-refractivity contribution is 0.609. The first-order valence-corrected chi connectivity index (χ1v) is 5.16. The number of nitriles is 1. The highest BCUT2D eigenvalue weighted by atomic mass is 35.7. The van der Waals surface area contributed by atoms with E-state index in [0.717, 1.165) is 6.20 Å². The molecule has 0 aliphatic rings. The third kappa shape index (κ3) is 3.19. The van der Waals surface area contributed by atoms with Gasteiger partial charge in [0.15, 0.2) is 0 Å². The van der Waals surface area contributed by atoms with Gasteiger partial charge in [-0.15, -0.1) is 12.4 Å². The van der Waals surface area contributed by atoms with Crippen molar-refractivity contribution in [2.45, 2.75) is 4.90 Å². The highest BCUT2D eigenvalue weighted by molar-refractivity contribution is 8.13. The highest BCUT2D eigenvalue weighted by Crippen LogP contribution is 2.12. The average Bonchev–Trinajstić information content (AvgIpc) is 2.03. The van der Waals surface area contributed by atoms with Gasteiger partial charge in [-0.05, 0) is 12.1 Å². The van der Waals surface area contributed by atoms with Gasteiger partial charge in [0, 0.05) is 16.9 Å². The quantitative estimate of drug-likeness (QED) is 0.692. The molecular formula is C6H4Cl2N2O2S. The Kier molecular flexibility index (Phi) is 4.14. The molecule has 0 unspecified atom stereocenters. The van der Waals surface area contributed by atoms with Crippen molar-refractivity contribution >= 4 is 32.1 Å². The smallest absolute Gasteiger partial charge is 0.244 e. The van der Waals surface area contributed by atoms with Gasteiger partial charge in [-0.1, -0.05) is 0 Å². The zero-order chi connectivity index (χ0) is 9.19. The van der Waals surface area contributed by atoms with Crippen LogP contribution in [-0.2, 0) is 9.05 Å². The van der Waals surface area contributed by atoms with Crippen LogP contribution in [0.25, 0.3) is 0 Å². The fraction of sp³-hybridized carbons (Fsp3) is 0. The number of hydrogen-bond acceptors (Lipinski definition) is 4. The van der Waals surface area contributed by atoms with Crippen LogP contribution in [0, 0.1) is 11.3 Å². The van der Waals surface area contributed by atoms with Gasteiger partial charge < -0.3 is 0 Å². The van der Waals surface area contributed by atoms with Crippen molar-refractivity contribution in [2.24, 2.45) is 0 Å². The molecule has 1 rings (SSSR count). The second-order valence-corrected chi connectivity index (χ2v) is 4.49. The summed E-state index contributed by atoms with van der Waals surface area (Å²) in [5.41, 5.74) is 0.152. The number of nitrogens with zero attached hydrogens (tertiary/aromatic N) is 2. The Morgan fingerprint density at radius 3 is 2.38 bits per heavy atom. The van der Waals surface area contributed by atoms with Crippen LogP contribution in [0.3, 0.4) is 0 Å². The van der Waals surface area contributed by atoms with Crippen LogP contribution < -0.4 is 0 Å². The third-order valence-corrected chi connectivity index (χ3v) is 2.47. The molecule has 0 aliphatic carbocycles. The van der Waals surface area contributed by atoms with Crippen molar-refractivity contribution < 1.29 is 8.42 Å². The van der Waals surface area contributed by atoms with Gasteiger partial charge in [-0.3, -0.25) is 0 Å². The maximum Gasteiger partial charge on any atom is 0.262 e. The molecule has 1 aromatic rings. The average molecular weight is 239 g/mol. The largest absolute Gasteiger partial charge is 0.262 e. The Morgan fingerprint density at radius 1 is 1.46 bits per heavy atom. The molecule has 0 aliphatic heterocycles. The van der Waals surface area contributed by atoms with Gasteiger partial charge >= 0.3 is 0 Å². The van der Waals surface area contributed by atoms with Crippen molar-refractivity contribution in [3.8, 4) is 6.07 Å². The molecule has 0 amide bonds. The molecule has 0 spiro atoms. The molecule has 0 radical (unpaired) electrons. The van der Waals surface area contributed by atoms with Crippen molar-refractivity contribution in [3.05, 3.63) is 24.0 Å². The van der Waals surface area contributed by atoms with Crippen molar-refractivity contribution in [1.29, 1.82) is 5.26 Å². The summed E-state index contributed by atoms with van der Waals surface area (Å²) in [6, 6.07) is 4.27. The number of aromatic nitrogens is 1. The molecule has 0 fully saturated rings. The summed E-state index contributed by atoms with van der Waals surface area (Å²) in [5.74, 6) is 0. The van der Waals surface area contributed by atoms with E-state index in [4.69, 9.17) is 15.9 Å². The van der Waals surface area contributed by atoms with Gasteiger partial charge in [-0.25, -0.2) is 13.4 Å². The maximum absolute atomic E-state index is 10.7. The van der Waals surface area contributed by atoms with Crippen molar-refractivity contribution in [1.82, 2.24) is 4.98 Å². The summed E-state index contributed by atoms with van der Waals surface area (Å²) in [5, 5.41) is 8.34. The minimum atomic E-state index is -3.73. The van der Waals surface area contributed by atoms with Gasteiger partial charge in [0.1, 0.15) is 16.7 Å². The number of rotatable bonds is 1. The standard InChI is InChI=1S/C6H3ClN2O2S.ClH/c7-12(10,11)6-2-1-5(3-8)9-4-6;/h1-2,4H;1H. The summed E-state index contributed by atoms with van der Waals surface area (Å²) in [4.78, 5) is 3.43. The lowest BCUT2D eigenvalue weighted by Gasteiger charge is -1.92. The summed E-state index contributed by atoms with van der Waals surface area (Å²) in [7, 11) is 1.28. The second kappa shape index (κ2) is 4.42. The molecule has 4 nitrogen and oxygen atoms in total. The molecule has 0 N–H and O–H groups in total. The van der Waals surface area contributed by atoms with E-state index in [0.29, 0.717) is 0 Å². The Morgan fingerprint density at radius 2 is 2.08 bits per heavy atom. The summed E-state index contributed by atoms with van der Waals surface area (Å²) in [6.45, 7) is 0. The van der Waals surface area contributed by atoms with Crippen LogP contribution in [0.5, 0.6) is 0 Å². The van der Waals surface area contributed by atoms with Gasteiger partial charge in [-0.2, -0.15) is 5.26 Å². The number of pyridine rings is 1. The van der Waals surface area contributed by atoms with E-state index in [2.05, 4.69) is 4.98 Å². The predicted molar refractivity (Wildman–Crippen MR) is 49.2 cm³/mol. The molecule has 0 atom stereocenters. The second-order valence-electron chi connectivity index (χ2n) is 1.93. The molecule has 0 bridgehead atoms. The summed E-state index contributed by atoms with van der Waals surface area (Å²) < 4.78 is 21.4. The van der Waals surface area contributed by atoms with Gasteiger partial charge in [0.2, 0.25) is 0 Å². The predicted octanol–water partition coefficient (Wildman–Crippen LogP) is 1.30. The first-order valence-electron chi connectivity index (χ1n) is 2.85. The van der Waals surface area contributed by atoms with Crippen LogP contribution in [0.15, 0.2) is 23.2 Å². The molecule has 0 saturated heterocycles. The molecule has 13 heavy (non-hydrogen) atoms. The van der Waals surface area contributed by atoms with Crippen LogP contribution in [0.2, 0.25) is 0 Å². The number of hydrogen-bond donors (Lipinski definition) is 0. The SMILES string of the molecule is Cl.N#Cc1ccc(S(=O)(=O)Cl)cn1. The Labute approximate surface area is 86.0 Å². The minimum Gasteiger partial charge on any atom is -0.244 e. The monoisotopic (exact) mass is 238 g/mol. The topological polar surface area (TPSA) is 70.8 Å². The summed E-state index contributed by atoms with van der Waals surface area (Å²) >= 11 is 0. The van der Waals surface area contributed by atoms with E-state index in [1.165, 1.54) is 12.1 Å². The van der Waals surface area contributed by atoms with Crippen LogP contribution in [0.1, 0.15) is 5.69 Å². The fourth-order valence-electron chi connectivity index (χ4n) is 0.591. The van der Waals surface area contributed by atoms with E-state index in [-0.39, 0.29) is 23.0 Å². The van der Waals surface area contributed by atoms with Crippen LogP contribution >= 0.6 is 23.1 Å². The molecule has 1 aromatic heterocycles. The Bertz CT molecular complexity index is 421. The van der Waals surface area contributed by atoms with Crippen LogP contribution in [0.4, 0.5) is 0 Å². The molecule has 0 saturated carbocycles.